The summed E-state index contributed by atoms with van der Waals surface area (Å²) in [6, 6.07) is 7.20. The summed E-state index contributed by atoms with van der Waals surface area (Å²) in [5.41, 5.74) is 0. The molecule has 0 saturated carbocycles. The molecule has 1 unspecified atom stereocenters. The predicted molar refractivity (Wildman–Crippen MR) is 91.0 cm³/mol. The smallest absolute Gasteiger partial charge is 0.261 e. The van der Waals surface area contributed by atoms with E-state index in [2.05, 4.69) is 10.2 Å². The molecule has 0 aromatic heterocycles. The Labute approximate surface area is 142 Å². The molecule has 2 rings (SSSR count). The minimum atomic E-state index is -0.515. The van der Waals surface area contributed by atoms with E-state index in [1.165, 1.54) is 0 Å². The first-order valence-corrected chi connectivity index (χ1v) is 8.57. The predicted octanol–water partition coefficient (Wildman–Crippen LogP) is 2.34. The Hall–Kier alpha value is -1.30. The molecule has 6 heteroatoms. The summed E-state index contributed by atoms with van der Waals surface area (Å²) >= 11 is 6.07. The van der Waals surface area contributed by atoms with Gasteiger partial charge < -0.3 is 14.8 Å². The molecule has 1 atom stereocenters. The van der Waals surface area contributed by atoms with Crippen LogP contribution in [0.2, 0.25) is 5.02 Å². The van der Waals surface area contributed by atoms with Crippen molar-refractivity contribution in [2.75, 3.05) is 39.4 Å². The molecule has 1 saturated heterocycles. The molecule has 23 heavy (non-hydrogen) atoms. The van der Waals surface area contributed by atoms with E-state index in [0.717, 1.165) is 39.3 Å². The summed E-state index contributed by atoms with van der Waals surface area (Å²) in [7, 11) is 0. The Kier molecular flexibility index (Phi) is 7.65. The molecule has 1 aliphatic rings. The minimum Gasteiger partial charge on any atom is -0.479 e. The van der Waals surface area contributed by atoms with Crippen molar-refractivity contribution < 1.29 is 14.3 Å². The average Bonchev–Trinajstić information content (AvgIpc) is 2.59. The monoisotopic (exact) mass is 340 g/mol. The molecule has 128 valence electrons. The van der Waals surface area contributed by atoms with Crippen LogP contribution in [-0.4, -0.2) is 56.3 Å². The second kappa shape index (κ2) is 9.75. The molecule has 1 aromatic carbocycles. The molecule has 1 fully saturated rings. The number of amides is 1. The minimum absolute atomic E-state index is 0.0885. The Balaban J connectivity index is 1.71. The van der Waals surface area contributed by atoms with Crippen LogP contribution in [0, 0.1) is 0 Å². The topological polar surface area (TPSA) is 50.8 Å². The van der Waals surface area contributed by atoms with Crippen LogP contribution in [-0.2, 0) is 9.53 Å². The molecule has 0 spiro atoms. The fourth-order valence-electron chi connectivity index (χ4n) is 2.47. The Morgan fingerprint density at radius 1 is 1.39 bits per heavy atom. The van der Waals surface area contributed by atoms with Gasteiger partial charge in [-0.3, -0.25) is 9.69 Å². The third kappa shape index (κ3) is 6.01. The molecule has 1 aliphatic heterocycles. The maximum absolute atomic E-state index is 12.2. The summed E-state index contributed by atoms with van der Waals surface area (Å²) in [6.45, 7) is 7.10. The van der Waals surface area contributed by atoms with E-state index in [-0.39, 0.29) is 5.91 Å². The van der Waals surface area contributed by atoms with Crippen molar-refractivity contribution in [1.29, 1.82) is 0 Å². The number of nitrogens with one attached hydrogen (secondary N) is 1. The van der Waals surface area contributed by atoms with Crippen LogP contribution in [0.3, 0.4) is 0 Å². The number of hydrogen-bond acceptors (Lipinski definition) is 4. The van der Waals surface area contributed by atoms with Crippen LogP contribution in [0.4, 0.5) is 0 Å². The van der Waals surface area contributed by atoms with E-state index in [0.29, 0.717) is 23.7 Å². The van der Waals surface area contributed by atoms with Gasteiger partial charge in [-0.1, -0.05) is 30.7 Å². The number of hydrogen-bond donors (Lipinski definition) is 1. The zero-order valence-electron chi connectivity index (χ0n) is 13.6. The van der Waals surface area contributed by atoms with Gasteiger partial charge in [-0.05, 0) is 31.5 Å². The van der Waals surface area contributed by atoms with Crippen LogP contribution in [0.5, 0.6) is 5.75 Å². The number of rotatable bonds is 8. The van der Waals surface area contributed by atoms with Gasteiger partial charge in [0.2, 0.25) is 0 Å². The van der Waals surface area contributed by atoms with E-state index >= 15 is 0 Å². The van der Waals surface area contributed by atoms with Crippen molar-refractivity contribution in [1.82, 2.24) is 10.2 Å². The van der Waals surface area contributed by atoms with Crippen molar-refractivity contribution in [2.24, 2.45) is 0 Å². The van der Waals surface area contributed by atoms with Crippen molar-refractivity contribution >= 4 is 17.5 Å². The van der Waals surface area contributed by atoms with E-state index in [4.69, 9.17) is 21.1 Å². The van der Waals surface area contributed by atoms with Gasteiger partial charge in [0.05, 0.1) is 18.2 Å². The van der Waals surface area contributed by atoms with Crippen molar-refractivity contribution in [3.05, 3.63) is 29.3 Å². The van der Waals surface area contributed by atoms with Gasteiger partial charge in [0.15, 0.2) is 6.10 Å². The van der Waals surface area contributed by atoms with Gasteiger partial charge in [0.25, 0.3) is 5.91 Å². The number of halogens is 1. The summed E-state index contributed by atoms with van der Waals surface area (Å²) in [5, 5.41) is 3.47. The molecule has 1 N–H and O–H groups in total. The quantitative estimate of drug-likeness (QED) is 0.738. The lowest BCUT2D eigenvalue weighted by molar-refractivity contribution is -0.128. The van der Waals surface area contributed by atoms with Crippen LogP contribution < -0.4 is 10.1 Å². The summed E-state index contributed by atoms with van der Waals surface area (Å²) in [4.78, 5) is 14.6. The molecule has 0 bridgehead atoms. The second-order valence-corrected chi connectivity index (χ2v) is 5.95. The fraction of sp³-hybridized carbons (Fsp3) is 0.588. The third-order valence-electron chi connectivity index (χ3n) is 3.82. The van der Waals surface area contributed by atoms with Gasteiger partial charge in [-0.15, -0.1) is 0 Å². The molecule has 1 aromatic rings. The zero-order valence-corrected chi connectivity index (χ0v) is 14.3. The zero-order chi connectivity index (χ0) is 16.5. The maximum Gasteiger partial charge on any atom is 0.261 e. The number of benzene rings is 1. The molecule has 1 heterocycles. The molecule has 1 amide bonds. The first kappa shape index (κ1) is 18.0. The largest absolute Gasteiger partial charge is 0.479 e. The highest BCUT2D eigenvalue weighted by Gasteiger charge is 2.19. The van der Waals surface area contributed by atoms with Crippen molar-refractivity contribution in [3.8, 4) is 5.75 Å². The molecule has 5 nitrogen and oxygen atoms in total. The Morgan fingerprint density at radius 3 is 2.83 bits per heavy atom. The lowest BCUT2D eigenvalue weighted by Gasteiger charge is -2.26. The molecule has 0 aliphatic carbocycles. The number of nitrogens with zero attached hydrogens (tertiary/aromatic N) is 1. The van der Waals surface area contributed by atoms with Gasteiger partial charge in [0.1, 0.15) is 5.75 Å². The molecular weight excluding hydrogens is 316 g/mol. The third-order valence-corrected chi connectivity index (χ3v) is 4.14. The normalized spacial score (nSPS) is 16.8. The summed E-state index contributed by atoms with van der Waals surface area (Å²) in [6.07, 6.45) is 1.01. The van der Waals surface area contributed by atoms with E-state index in [1.54, 1.807) is 12.1 Å². The first-order valence-electron chi connectivity index (χ1n) is 8.19. The standard InChI is InChI=1S/C17H25ClN2O3/c1-2-15(23-16-7-4-3-6-14(16)18)17(21)19-8-5-9-20-10-12-22-13-11-20/h3-4,6-7,15H,2,5,8-13H2,1H3,(H,19,21). The molecule has 0 radical (unpaired) electrons. The highest BCUT2D eigenvalue weighted by atomic mass is 35.5. The number of para-hydroxylation sites is 1. The molecular formula is C17H25ClN2O3. The van der Waals surface area contributed by atoms with Gasteiger partial charge in [-0.25, -0.2) is 0 Å². The Bertz CT molecular complexity index is 492. The van der Waals surface area contributed by atoms with E-state index in [9.17, 15) is 4.79 Å². The first-order chi connectivity index (χ1) is 11.2. The number of carbonyl (C=O) groups is 1. The highest BCUT2D eigenvalue weighted by molar-refractivity contribution is 6.32. The van der Waals surface area contributed by atoms with Crippen molar-refractivity contribution in [2.45, 2.75) is 25.9 Å². The van der Waals surface area contributed by atoms with Gasteiger partial charge in [0, 0.05) is 19.6 Å². The van der Waals surface area contributed by atoms with Crippen LogP contribution in [0.1, 0.15) is 19.8 Å². The van der Waals surface area contributed by atoms with Gasteiger partial charge in [-0.2, -0.15) is 0 Å². The van der Waals surface area contributed by atoms with Crippen molar-refractivity contribution in [3.63, 3.8) is 0 Å². The maximum atomic E-state index is 12.2. The van der Waals surface area contributed by atoms with Gasteiger partial charge >= 0.3 is 0 Å². The SMILES string of the molecule is CCC(Oc1ccccc1Cl)C(=O)NCCCN1CCOCC1. The lowest BCUT2D eigenvalue weighted by atomic mass is 10.2. The highest BCUT2D eigenvalue weighted by Crippen LogP contribution is 2.24. The lowest BCUT2D eigenvalue weighted by Crippen LogP contribution is -2.41. The number of carbonyl (C=O) groups excluding carboxylic acids is 1. The van der Waals surface area contributed by atoms with E-state index in [1.807, 2.05) is 19.1 Å². The summed E-state index contributed by atoms with van der Waals surface area (Å²) < 4.78 is 11.1. The Morgan fingerprint density at radius 2 is 2.13 bits per heavy atom. The average molecular weight is 341 g/mol. The van der Waals surface area contributed by atoms with E-state index < -0.39 is 6.10 Å². The second-order valence-electron chi connectivity index (χ2n) is 5.54. The number of morpholine rings is 1. The fourth-order valence-corrected chi connectivity index (χ4v) is 2.65. The number of ether oxygens (including phenoxy) is 2. The van der Waals surface area contributed by atoms with Crippen LogP contribution in [0.25, 0.3) is 0 Å². The van der Waals surface area contributed by atoms with Crippen LogP contribution in [0.15, 0.2) is 24.3 Å². The summed E-state index contributed by atoms with van der Waals surface area (Å²) in [5.74, 6) is 0.457. The van der Waals surface area contributed by atoms with Crippen LogP contribution >= 0.6 is 11.6 Å².